The van der Waals surface area contributed by atoms with Gasteiger partial charge in [-0.25, -0.2) is 0 Å². The van der Waals surface area contributed by atoms with Gasteiger partial charge in [0.25, 0.3) is 0 Å². The minimum Gasteiger partial charge on any atom is -0.457 e. The summed E-state index contributed by atoms with van der Waals surface area (Å²) >= 11 is 0. The van der Waals surface area contributed by atoms with Crippen molar-refractivity contribution < 1.29 is 9.47 Å². The maximum absolute atomic E-state index is 6.76. The molecule has 0 atom stereocenters. The SMILES string of the molecule is c1ccc(-c2ccc(-c3ccc(N(c4ccccc4-c4ccc5c(c4)C4(c6ccccc6Oc6ccccc64)c4ccccc4-5)c4ccccc4-c4ccc5c(c4)C4(c6ccccc6Oc6ccccc64)c4ccccc4-5)cc3)cc2)cc1. The molecule has 4 aliphatic rings. The first-order valence-electron chi connectivity index (χ1n) is 28.6. The molecule has 3 heteroatoms. The molecule has 13 aromatic rings. The zero-order valence-corrected chi connectivity index (χ0v) is 45.2. The van der Waals surface area contributed by atoms with E-state index in [4.69, 9.17) is 9.47 Å². The highest BCUT2D eigenvalue weighted by atomic mass is 16.5. The average Bonchev–Trinajstić information content (AvgIpc) is 2.22. The van der Waals surface area contributed by atoms with Crippen LogP contribution in [0, 0.1) is 0 Å². The zero-order chi connectivity index (χ0) is 54.6. The first kappa shape index (κ1) is 47.1. The summed E-state index contributed by atoms with van der Waals surface area (Å²) in [4.78, 5) is 2.49. The van der Waals surface area contributed by atoms with Crippen LogP contribution in [0.4, 0.5) is 17.1 Å². The van der Waals surface area contributed by atoms with Gasteiger partial charge in [-0.2, -0.15) is 0 Å². The van der Waals surface area contributed by atoms with Crippen molar-refractivity contribution in [3.8, 4) is 89.8 Å². The van der Waals surface area contributed by atoms with Gasteiger partial charge in [-0.3, -0.25) is 0 Å². The molecule has 0 bridgehead atoms. The van der Waals surface area contributed by atoms with Gasteiger partial charge in [-0.1, -0.05) is 249 Å². The summed E-state index contributed by atoms with van der Waals surface area (Å²) < 4.78 is 13.5. The second-order valence-corrected chi connectivity index (χ2v) is 22.2. The number of para-hydroxylation sites is 6. The van der Waals surface area contributed by atoms with Gasteiger partial charge in [0.15, 0.2) is 0 Å². The lowest BCUT2D eigenvalue weighted by Crippen LogP contribution is -2.32. The molecule has 0 unspecified atom stereocenters. The lowest BCUT2D eigenvalue weighted by molar-refractivity contribution is 0.436. The molecule has 0 saturated carbocycles. The molecule has 0 saturated heterocycles. The van der Waals surface area contributed by atoms with Crippen LogP contribution in [-0.4, -0.2) is 0 Å². The molecule has 2 aliphatic carbocycles. The number of hydrogen-bond donors (Lipinski definition) is 0. The number of ether oxygens (including phenoxy) is 2. The van der Waals surface area contributed by atoms with Crippen molar-refractivity contribution in [2.45, 2.75) is 10.8 Å². The Hall–Kier alpha value is -10.7. The molecule has 0 aromatic heterocycles. The Labute approximate surface area is 483 Å². The van der Waals surface area contributed by atoms with Crippen LogP contribution in [0.5, 0.6) is 23.0 Å². The number of anilines is 3. The molecule has 83 heavy (non-hydrogen) atoms. The average molecular weight is 1060 g/mol. The fraction of sp³-hybridized carbons (Fsp3) is 0.0250. The maximum atomic E-state index is 6.76. The molecule has 2 heterocycles. The highest BCUT2D eigenvalue weighted by Gasteiger charge is 2.53. The van der Waals surface area contributed by atoms with Crippen molar-refractivity contribution in [3.05, 3.63) is 354 Å². The molecular weight excluding hydrogens is 1010 g/mol. The minimum atomic E-state index is -0.611. The van der Waals surface area contributed by atoms with E-state index in [1.807, 2.05) is 0 Å². The van der Waals surface area contributed by atoms with Crippen molar-refractivity contribution in [2.24, 2.45) is 0 Å². The van der Waals surface area contributed by atoms with Gasteiger partial charge < -0.3 is 14.4 Å². The molecule has 13 aromatic carbocycles. The molecule has 0 radical (unpaired) electrons. The predicted octanol–water partition coefficient (Wildman–Crippen LogP) is 20.8. The third-order valence-corrected chi connectivity index (χ3v) is 18.1. The Morgan fingerprint density at radius 2 is 0.494 bits per heavy atom. The number of fused-ring (bicyclic) bond motifs is 18. The van der Waals surface area contributed by atoms with E-state index in [9.17, 15) is 0 Å². The Bertz CT molecular complexity index is 4420. The molecule has 2 aliphatic heterocycles. The number of hydrogen-bond acceptors (Lipinski definition) is 3. The van der Waals surface area contributed by atoms with E-state index < -0.39 is 10.8 Å². The quantitative estimate of drug-likeness (QED) is 0.159. The largest absolute Gasteiger partial charge is 0.457 e. The summed E-state index contributed by atoms with van der Waals surface area (Å²) in [5.74, 6) is 3.52. The van der Waals surface area contributed by atoms with Gasteiger partial charge in [0.05, 0.1) is 22.2 Å². The smallest absolute Gasteiger partial charge is 0.132 e. The molecule has 0 fully saturated rings. The lowest BCUT2D eigenvalue weighted by Gasteiger charge is -2.39. The Balaban J connectivity index is 0.868. The Morgan fingerprint density at radius 3 is 0.904 bits per heavy atom. The van der Waals surface area contributed by atoms with E-state index in [-0.39, 0.29) is 0 Å². The van der Waals surface area contributed by atoms with Crippen LogP contribution >= 0.6 is 0 Å². The van der Waals surface area contributed by atoms with Gasteiger partial charge in [0, 0.05) is 39.1 Å². The molecule has 3 nitrogen and oxygen atoms in total. The minimum absolute atomic E-state index is 0.611. The summed E-state index contributed by atoms with van der Waals surface area (Å²) in [5, 5.41) is 0. The third kappa shape index (κ3) is 6.86. The molecular formula is C80H51NO2. The van der Waals surface area contributed by atoms with Crippen LogP contribution in [0.2, 0.25) is 0 Å². The van der Waals surface area contributed by atoms with E-state index in [0.29, 0.717) is 0 Å². The first-order chi connectivity index (χ1) is 41.2. The van der Waals surface area contributed by atoms with Gasteiger partial charge in [-0.15, -0.1) is 0 Å². The lowest BCUT2D eigenvalue weighted by atomic mass is 9.66. The van der Waals surface area contributed by atoms with Crippen molar-refractivity contribution in [1.82, 2.24) is 0 Å². The second kappa shape index (κ2) is 18.4. The van der Waals surface area contributed by atoms with E-state index in [1.165, 1.54) is 55.6 Å². The topological polar surface area (TPSA) is 21.7 Å². The Kier molecular flexibility index (Phi) is 10.4. The van der Waals surface area contributed by atoms with E-state index in [2.05, 4.69) is 314 Å². The van der Waals surface area contributed by atoms with Gasteiger partial charge in [0.1, 0.15) is 23.0 Å². The summed E-state index contributed by atoms with van der Waals surface area (Å²) in [6.07, 6.45) is 0. The summed E-state index contributed by atoms with van der Waals surface area (Å²) in [6.45, 7) is 0. The molecule has 0 amide bonds. The van der Waals surface area contributed by atoms with Crippen molar-refractivity contribution in [1.29, 1.82) is 0 Å². The van der Waals surface area contributed by atoms with Crippen molar-refractivity contribution in [2.75, 3.05) is 4.90 Å². The summed E-state index contributed by atoms with van der Waals surface area (Å²) in [6, 6.07) is 113. The van der Waals surface area contributed by atoms with Crippen molar-refractivity contribution in [3.63, 3.8) is 0 Å². The van der Waals surface area contributed by atoms with E-state index in [0.717, 1.165) is 95.7 Å². The van der Waals surface area contributed by atoms with Crippen molar-refractivity contribution >= 4 is 17.1 Å². The maximum Gasteiger partial charge on any atom is 0.132 e. The van der Waals surface area contributed by atoms with Crippen LogP contribution in [0.25, 0.3) is 66.8 Å². The number of rotatable bonds is 7. The van der Waals surface area contributed by atoms with Crippen LogP contribution < -0.4 is 14.4 Å². The summed E-state index contributed by atoms with van der Waals surface area (Å²) in [5.41, 5.74) is 25.7. The Morgan fingerprint density at radius 1 is 0.205 bits per heavy atom. The molecule has 2 spiro atoms. The van der Waals surface area contributed by atoms with Crippen LogP contribution in [-0.2, 0) is 10.8 Å². The van der Waals surface area contributed by atoms with Gasteiger partial charge >= 0.3 is 0 Å². The van der Waals surface area contributed by atoms with E-state index >= 15 is 0 Å². The van der Waals surface area contributed by atoms with Crippen LogP contribution in [0.1, 0.15) is 44.5 Å². The standard InChI is InChI=1S/C80H51NO2/c1-2-20-52(21-3-1)53-38-40-54(41-39-53)55-42-46-58(47-43-55)81(73-32-14-6-22-59(73)56-44-48-63-61-24-4-8-26-65(61)79(71(63)50-56)67-28-10-16-34-75(67)82-76-35-17-11-29-68(76)79)74-33-15-7-23-60(74)57-45-49-64-62-25-5-9-27-66(62)80(72(64)51-57)69-30-12-18-36-77(69)83-78-37-19-13-31-70(78)80/h1-51H. The molecule has 0 N–H and O–H groups in total. The predicted molar refractivity (Wildman–Crippen MR) is 338 cm³/mol. The second-order valence-electron chi connectivity index (χ2n) is 22.2. The third-order valence-electron chi connectivity index (χ3n) is 18.1. The highest BCUT2D eigenvalue weighted by Crippen LogP contribution is 2.65. The first-order valence-corrected chi connectivity index (χ1v) is 28.6. The molecule has 388 valence electrons. The normalized spacial score (nSPS) is 13.7. The molecule has 17 rings (SSSR count). The number of nitrogens with zero attached hydrogens (tertiary/aromatic N) is 1. The monoisotopic (exact) mass is 1060 g/mol. The van der Waals surface area contributed by atoms with Gasteiger partial charge in [0.2, 0.25) is 0 Å². The van der Waals surface area contributed by atoms with Crippen LogP contribution in [0.15, 0.2) is 309 Å². The fourth-order valence-corrected chi connectivity index (χ4v) is 14.6. The summed E-state index contributed by atoms with van der Waals surface area (Å²) in [7, 11) is 0. The highest BCUT2D eigenvalue weighted by molar-refractivity contribution is 5.98. The van der Waals surface area contributed by atoms with Gasteiger partial charge in [-0.05, 0) is 139 Å². The fourth-order valence-electron chi connectivity index (χ4n) is 14.6. The number of benzene rings is 13. The zero-order valence-electron chi connectivity index (χ0n) is 45.2. The van der Waals surface area contributed by atoms with E-state index in [1.54, 1.807) is 0 Å². The van der Waals surface area contributed by atoms with Crippen LogP contribution in [0.3, 0.4) is 0 Å².